The van der Waals surface area contributed by atoms with E-state index in [4.69, 9.17) is 0 Å². The highest BCUT2D eigenvalue weighted by atomic mass is 15.3. The second-order valence-corrected chi connectivity index (χ2v) is 5.38. The van der Waals surface area contributed by atoms with Crippen LogP contribution in [0.2, 0.25) is 0 Å². The molecule has 0 saturated carbocycles. The van der Waals surface area contributed by atoms with E-state index in [-0.39, 0.29) is 0 Å². The fourth-order valence-electron chi connectivity index (χ4n) is 2.27. The summed E-state index contributed by atoms with van der Waals surface area (Å²) in [5, 5.41) is 10.2. The Hall–Kier alpha value is -3.46. The van der Waals surface area contributed by atoms with Gasteiger partial charge >= 0.3 is 0 Å². The van der Waals surface area contributed by atoms with Crippen molar-refractivity contribution in [1.82, 2.24) is 15.4 Å². The third-order valence-electron chi connectivity index (χ3n) is 3.55. The number of nitrogens with one attached hydrogen (secondary N) is 1. The van der Waals surface area contributed by atoms with Crippen molar-refractivity contribution in [2.45, 2.75) is 0 Å². The van der Waals surface area contributed by atoms with Crippen LogP contribution in [0, 0.1) is 0 Å². The minimum Gasteiger partial charge on any atom is -0.265 e. The number of hydrogen-bond donors (Lipinski definition) is 1. The maximum Gasteiger partial charge on any atom is 0.112 e. The third-order valence-corrected chi connectivity index (χ3v) is 3.55. The standard InChI is InChI=1S/C14H12.C8H7N3/c1-3-7-13(8-4-1)11-12-14-9-5-2-6-10-14;1-2-4-7(5-3-1)8-6-9-11-10-8/h1-12H;1-6H,(H,9,10,11). The van der Waals surface area contributed by atoms with Crippen LogP contribution in [0.25, 0.3) is 23.4 Å². The van der Waals surface area contributed by atoms with Crippen LogP contribution in [0.4, 0.5) is 0 Å². The van der Waals surface area contributed by atoms with Gasteiger partial charge in [0.1, 0.15) is 5.69 Å². The van der Waals surface area contributed by atoms with Gasteiger partial charge in [0, 0.05) is 11.8 Å². The van der Waals surface area contributed by atoms with Gasteiger partial charge in [-0.3, -0.25) is 5.10 Å². The van der Waals surface area contributed by atoms with Crippen molar-refractivity contribution in [3.8, 4) is 11.3 Å². The average molecular weight is 325 g/mol. The summed E-state index contributed by atoms with van der Waals surface area (Å²) in [4.78, 5) is 0. The van der Waals surface area contributed by atoms with Crippen molar-refractivity contribution in [3.63, 3.8) is 0 Å². The van der Waals surface area contributed by atoms with E-state index in [2.05, 4.69) is 51.8 Å². The van der Waals surface area contributed by atoms with Gasteiger partial charge in [0.15, 0.2) is 0 Å². The first-order chi connectivity index (χ1) is 12.4. The third kappa shape index (κ3) is 5.29. The molecule has 3 heteroatoms. The molecule has 1 aromatic heterocycles. The minimum atomic E-state index is 0.880. The van der Waals surface area contributed by atoms with Crippen molar-refractivity contribution in [1.29, 1.82) is 0 Å². The molecule has 0 aliphatic heterocycles. The van der Waals surface area contributed by atoms with E-state index in [9.17, 15) is 0 Å². The molecule has 0 unspecified atom stereocenters. The first-order valence-electron chi connectivity index (χ1n) is 8.12. The number of aromatic nitrogens is 3. The summed E-state index contributed by atoms with van der Waals surface area (Å²) in [6.45, 7) is 0. The topological polar surface area (TPSA) is 41.6 Å². The minimum absolute atomic E-state index is 0.880. The zero-order valence-corrected chi connectivity index (χ0v) is 13.8. The molecule has 0 atom stereocenters. The summed E-state index contributed by atoms with van der Waals surface area (Å²) in [6.07, 6.45) is 6.01. The molecule has 122 valence electrons. The summed E-state index contributed by atoms with van der Waals surface area (Å²) in [7, 11) is 0. The molecule has 4 aromatic rings. The summed E-state index contributed by atoms with van der Waals surface area (Å²) >= 11 is 0. The van der Waals surface area contributed by atoms with Gasteiger partial charge in [-0.05, 0) is 11.1 Å². The van der Waals surface area contributed by atoms with Gasteiger partial charge in [-0.1, -0.05) is 108 Å². The Balaban J connectivity index is 0.000000150. The molecule has 0 saturated heterocycles. The monoisotopic (exact) mass is 325 g/mol. The SMILES string of the molecule is C(=Cc1ccccc1)c1ccccc1.c1ccc(-c2c[nH]nn2)cc1. The molecule has 25 heavy (non-hydrogen) atoms. The van der Waals surface area contributed by atoms with Crippen LogP contribution in [0.15, 0.2) is 97.2 Å². The molecule has 3 nitrogen and oxygen atoms in total. The second-order valence-electron chi connectivity index (χ2n) is 5.38. The van der Waals surface area contributed by atoms with Crippen molar-refractivity contribution >= 4 is 12.2 Å². The summed E-state index contributed by atoms with van der Waals surface area (Å²) in [5.74, 6) is 0. The van der Waals surface area contributed by atoms with Gasteiger partial charge in [-0.25, -0.2) is 0 Å². The van der Waals surface area contributed by atoms with Crippen LogP contribution in [-0.2, 0) is 0 Å². The van der Waals surface area contributed by atoms with E-state index >= 15 is 0 Å². The zero-order chi connectivity index (χ0) is 17.2. The maximum absolute atomic E-state index is 3.88. The Morgan fingerprint density at radius 3 is 1.52 bits per heavy atom. The lowest BCUT2D eigenvalue weighted by Crippen LogP contribution is -1.75. The molecule has 1 heterocycles. The van der Waals surface area contributed by atoms with Gasteiger partial charge in [0.25, 0.3) is 0 Å². The van der Waals surface area contributed by atoms with Crippen LogP contribution < -0.4 is 0 Å². The van der Waals surface area contributed by atoms with Crippen LogP contribution in [0.3, 0.4) is 0 Å². The van der Waals surface area contributed by atoms with Crippen molar-refractivity contribution < 1.29 is 0 Å². The van der Waals surface area contributed by atoms with Gasteiger partial charge in [-0.15, -0.1) is 5.10 Å². The fourth-order valence-corrected chi connectivity index (χ4v) is 2.27. The van der Waals surface area contributed by atoms with Gasteiger partial charge in [0.2, 0.25) is 0 Å². The number of nitrogens with zero attached hydrogens (tertiary/aromatic N) is 2. The van der Waals surface area contributed by atoms with Crippen LogP contribution in [-0.4, -0.2) is 15.4 Å². The summed E-state index contributed by atoms with van der Waals surface area (Å²) in [5.41, 5.74) is 4.43. The van der Waals surface area contributed by atoms with Gasteiger partial charge in [0.05, 0.1) is 0 Å². The lowest BCUT2D eigenvalue weighted by Gasteiger charge is -1.92. The molecular formula is C22H19N3. The Morgan fingerprint density at radius 2 is 1.08 bits per heavy atom. The van der Waals surface area contributed by atoms with Crippen molar-refractivity contribution in [3.05, 3.63) is 108 Å². The highest BCUT2D eigenvalue weighted by Crippen LogP contribution is 2.12. The molecule has 0 aliphatic carbocycles. The smallest absolute Gasteiger partial charge is 0.112 e. The number of H-pyrrole nitrogens is 1. The first kappa shape index (κ1) is 16.4. The first-order valence-corrected chi connectivity index (χ1v) is 8.12. The van der Waals surface area contributed by atoms with Crippen molar-refractivity contribution in [2.75, 3.05) is 0 Å². The molecule has 0 fully saturated rings. The molecular weight excluding hydrogens is 306 g/mol. The predicted molar refractivity (Wildman–Crippen MR) is 104 cm³/mol. The Kier molecular flexibility index (Phi) is 5.90. The number of aromatic amines is 1. The molecule has 4 rings (SSSR count). The van der Waals surface area contributed by atoms with Crippen LogP contribution in [0.1, 0.15) is 11.1 Å². The maximum atomic E-state index is 3.88. The highest BCUT2D eigenvalue weighted by molar-refractivity contribution is 5.69. The molecule has 0 radical (unpaired) electrons. The Morgan fingerprint density at radius 1 is 0.600 bits per heavy atom. The Bertz CT molecular complexity index is 827. The Labute approximate surface area is 147 Å². The second kappa shape index (κ2) is 8.99. The normalized spacial score (nSPS) is 10.2. The highest BCUT2D eigenvalue weighted by Gasteiger charge is 1.96. The molecule has 0 bridgehead atoms. The van der Waals surface area contributed by atoms with Crippen LogP contribution >= 0.6 is 0 Å². The van der Waals surface area contributed by atoms with E-state index in [1.54, 1.807) is 6.20 Å². The fraction of sp³-hybridized carbons (Fsp3) is 0. The number of benzene rings is 3. The molecule has 1 N–H and O–H groups in total. The number of rotatable bonds is 3. The zero-order valence-electron chi connectivity index (χ0n) is 13.8. The van der Waals surface area contributed by atoms with Gasteiger partial charge < -0.3 is 0 Å². The van der Waals surface area contributed by atoms with E-state index in [1.165, 1.54) is 11.1 Å². The summed E-state index contributed by atoms with van der Waals surface area (Å²) in [6, 6.07) is 30.6. The van der Waals surface area contributed by atoms with E-state index < -0.39 is 0 Å². The molecule has 0 spiro atoms. The van der Waals surface area contributed by atoms with Gasteiger partial charge in [-0.2, -0.15) is 0 Å². The average Bonchev–Trinajstić information content (AvgIpc) is 3.24. The van der Waals surface area contributed by atoms with E-state index in [0.717, 1.165) is 11.3 Å². The molecule has 3 aromatic carbocycles. The largest absolute Gasteiger partial charge is 0.265 e. The predicted octanol–water partition coefficient (Wildman–Crippen LogP) is 5.33. The van der Waals surface area contributed by atoms with Crippen molar-refractivity contribution in [2.24, 2.45) is 0 Å². The van der Waals surface area contributed by atoms with E-state index in [1.807, 2.05) is 66.7 Å². The molecule has 0 aliphatic rings. The summed E-state index contributed by atoms with van der Waals surface area (Å²) < 4.78 is 0. The van der Waals surface area contributed by atoms with E-state index in [0.29, 0.717) is 0 Å². The lowest BCUT2D eigenvalue weighted by molar-refractivity contribution is 0.942. The van der Waals surface area contributed by atoms with Crippen LogP contribution in [0.5, 0.6) is 0 Å². The quantitative estimate of drug-likeness (QED) is 0.517. The molecule has 0 amide bonds. The number of hydrogen-bond acceptors (Lipinski definition) is 2. The lowest BCUT2D eigenvalue weighted by atomic mass is 10.1.